The monoisotopic (exact) mass is 310 g/mol. The fraction of sp³-hybridized carbons (Fsp3) is 0.625. The molecule has 4 nitrogen and oxygen atoms in total. The predicted octanol–water partition coefficient (Wildman–Crippen LogP) is 2.79. The second-order valence-corrected chi connectivity index (χ2v) is 7.86. The zero-order valence-electron chi connectivity index (χ0n) is 13.4. The molecule has 21 heavy (non-hydrogen) atoms. The Kier molecular flexibility index (Phi) is 5.07. The van der Waals surface area contributed by atoms with Crippen molar-refractivity contribution < 1.29 is 8.42 Å². The number of nitrogens with one attached hydrogen (secondary N) is 1. The van der Waals surface area contributed by atoms with Gasteiger partial charge in [0, 0.05) is 13.1 Å². The molecule has 0 saturated carbocycles. The first kappa shape index (κ1) is 16.5. The number of nitrogens with zero attached hydrogens (tertiary/aromatic N) is 1. The van der Waals surface area contributed by atoms with E-state index in [4.69, 9.17) is 0 Å². The van der Waals surface area contributed by atoms with E-state index in [9.17, 15) is 8.42 Å². The van der Waals surface area contributed by atoms with Crippen LogP contribution in [-0.4, -0.2) is 25.8 Å². The smallest absolute Gasteiger partial charge is 0.202 e. The average Bonchev–Trinajstić information content (AvgIpc) is 2.43. The van der Waals surface area contributed by atoms with Crippen LogP contribution in [0, 0.1) is 12.8 Å². The summed E-state index contributed by atoms with van der Waals surface area (Å²) < 4.78 is 29.4. The van der Waals surface area contributed by atoms with Gasteiger partial charge in [-0.1, -0.05) is 44.5 Å². The Bertz CT molecular complexity index is 596. The summed E-state index contributed by atoms with van der Waals surface area (Å²) in [5.41, 5.74) is 3.68. The molecule has 1 aromatic carbocycles. The maximum atomic E-state index is 12.6. The summed E-state index contributed by atoms with van der Waals surface area (Å²) in [5, 5.41) is 0. The molecule has 0 radical (unpaired) electrons. The molecular formula is C16H26N2O2S. The predicted molar refractivity (Wildman–Crippen MR) is 86.4 cm³/mol. The minimum absolute atomic E-state index is 0.0799. The van der Waals surface area contributed by atoms with Gasteiger partial charge in [-0.05, 0) is 36.8 Å². The number of hydrogen-bond donors (Lipinski definition) is 1. The van der Waals surface area contributed by atoms with Crippen molar-refractivity contribution in [1.29, 1.82) is 0 Å². The van der Waals surface area contributed by atoms with E-state index in [1.165, 1.54) is 11.1 Å². The standard InChI is InChI=1S/C16H26N2O2S/c1-5-9-17-21(19,20)18-10-8-14-11-13(4)6-7-15(14)16(18)12(2)3/h6-7,11-12,16-17H,5,8-10H2,1-4H3. The number of rotatable bonds is 5. The van der Waals surface area contributed by atoms with Gasteiger partial charge in [0.05, 0.1) is 6.04 Å². The summed E-state index contributed by atoms with van der Waals surface area (Å²) >= 11 is 0. The third kappa shape index (κ3) is 3.47. The lowest BCUT2D eigenvalue weighted by molar-refractivity contribution is 0.245. The summed E-state index contributed by atoms with van der Waals surface area (Å²) in [6.45, 7) is 9.26. The van der Waals surface area contributed by atoms with E-state index < -0.39 is 10.2 Å². The van der Waals surface area contributed by atoms with Gasteiger partial charge in [0.15, 0.2) is 0 Å². The van der Waals surface area contributed by atoms with Crippen molar-refractivity contribution in [3.63, 3.8) is 0 Å². The minimum Gasteiger partial charge on any atom is -0.202 e. The number of hydrogen-bond acceptors (Lipinski definition) is 2. The highest BCUT2D eigenvalue weighted by Gasteiger charge is 2.36. The summed E-state index contributed by atoms with van der Waals surface area (Å²) in [5.74, 6) is 0.241. The molecule has 1 atom stereocenters. The number of benzene rings is 1. The average molecular weight is 310 g/mol. The fourth-order valence-electron chi connectivity index (χ4n) is 3.04. The Morgan fingerprint density at radius 3 is 2.71 bits per heavy atom. The van der Waals surface area contributed by atoms with E-state index in [1.54, 1.807) is 4.31 Å². The Morgan fingerprint density at radius 2 is 2.10 bits per heavy atom. The van der Waals surface area contributed by atoms with Crippen molar-refractivity contribution in [3.05, 3.63) is 34.9 Å². The maximum Gasteiger partial charge on any atom is 0.280 e. The van der Waals surface area contributed by atoms with Gasteiger partial charge in [-0.3, -0.25) is 0 Å². The topological polar surface area (TPSA) is 49.4 Å². The van der Waals surface area contributed by atoms with Gasteiger partial charge < -0.3 is 0 Å². The van der Waals surface area contributed by atoms with E-state index in [0.717, 1.165) is 18.4 Å². The van der Waals surface area contributed by atoms with E-state index in [0.29, 0.717) is 13.1 Å². The van der Waals surface area contributed by atoms with Crippen molar-refractivity contribution in [2.75, 3.05) is 13.1 Å². The quantitative estimate of drug-likeness (QED) is 0.909. The molecule has 0 fully saturated rings. The van der Waals surface area contributed by atoms with Crippen molar-refractivity contribution >= 4 is 10.2 Å². The lowest BCUT2D eigenvalue weighted by Crippen LogP contribution is -2.47. The lowest BCUT2D eigenvalue weighted by atomic mass is 9.87. The molecule has 0 aliphatic carbocycles. The first-order valence-electron chi connectivity index (χ1n) is 7.72. The van der Waals surface area contributed by atoms with Crippen LogP contribution >= 0.6 is 0 Å². The number of aryl methyl sites for hydroxylation is 1. The normalized spacial score (nSPS) is 19.8. The highest BCUT2D eigenvalue weighted by Crippen LogP contribution is 2.36. The Balaban J connectivity index is 2.39. The Morgan fingerprint density at radius 1 is 1.38 bits per heavy atom. The molecule has 1 aliphatic rings. The largest absolute Gasteiger partial charge is 0.280 e. The van der Waals surface area contributed by atoms with Gasteiger partial charge in [-0.25, -0.2) is 4.72 Å². The van der Waals surface area contributed by atoms with Crippen molar-refractivity contribution in [3.8, 4) is 0 Å². The van der Waals surface area contributed by atoms with Crippen LogP contribution in [0.1, 0.15) is 49.9 Å². The molecule has 0 aromatic heterocycles. The van der Waals surface area contributed by atoms with Gasteiger partial charge in [-0.2, -0.15) is 12.7 Å². The Labute approximate surface area is 128 Å². The number of fused-ring (bicyclic) bond motifs is 1. The maximum absolute atomic E-state index is 12.6. The van der Waals surface area contributed by atoms with Crippen LogP contribution in [-0.2, 0) is 16.6 Å². The van der Waals surface area contributed by atoms with E-state index in [-0.39, 0.29) is 12.0 Å². The van der Waals surface area contributed by atoms with Crippen LogP contribution in [0.25, 0.3) is 0 Å². The molecule has 1 unspecified atom stereocenters. The molecule has 1 aliphatic heterocycles. The van der Waals surface area contributed by atoms with Crippen LogP contribution in [0.3, 0.4) is 0 Å². The molecular weight excluding hydrogens is 284 g/mol. The van der Waals surface area contributed by atoms with Gasteiger partial charge in [0.1, 0.15) is 0 Å². The van der Waals surface area contributed by atoms with E-state index in [2.05, 4.69) is 43.7 Å². The second-order valence-electron chi connectivity index (χ2n) is 6.15. The van der Waals surface area contributed by atoms with Crippen LogP contribution in [0.15, 0.2) is 18.2 Å². The molecule has 1 aromatic rings. The lowest BCUT2D eigenvalue weighted by Gasteiger charge is -2.38. The van der Waals surface area contributed by atoms with Crippen LogP contribution in [0.2, 0.25) is 0 Å². The highest BCUT2D eigenvalue weighted by atomic mass is 32.2. The van der Waals surface area contributed by atoms with Gasteiger partial charge in [0.2, 0.25) is 0 Å². The molecule has 2 rings (SSSR count). The van der Waals surface area contributed by atoms with Crippen LogP contribution < -0.4 is 4.72 Å². The first-order valence-corrected chi connectivity index (χ1v) is 9.16. The molecule has 0 bridgehead atoms. The zero-order valence-corrected chi connectivity index (χ0v) is 14.2. The van der Waals surface area contributed by atoms with Crippen molar-refractivity contribution in [2.45, 2.75) is 46.6 Å². The Hall–Kier alpha value is -0.910. The molecule has 1 N–H and O–H groups in total. The fourth-order valence-corrected chi connectivity index (χ4v) is 4.66. The molecule has 0 spiro atoms. The van der Waals surface area contributed by atoms with E-state index in [1.807, 2.05) is 6.92 Å². The van der Waals surface area contributed by atoms with Crippen molar-refractivity contribution in [1.82, 2.24) is 9.03 Å². The minimum atomic E-state index is -3.41. The first-order chi connectivity index (χ1) is 9.86. The third-order valence-electron chi connectivity index (χ3n) is 4.00. The third-order valence-corrected chi connectivity index (χ3v) is 5.60. The van der Waals surface area contributed by atoms with Gasteiger partial charge >= 0.3 is 0 Å². The summed E-state index contributed by atoms with van der Waals surface area (Å²) in [7, 11) is -3.41. The highest BCUT2D eigenvalue weighted by molar-refractivity contribution is 7.87. The summed E-state index contributed by atoms with van der Waals surface area (Å²) in [6.07, 6.45) is 1.59. The molecule has 0 saturated heterocycles. The van der Waals surface area contributed by atoms with Gasteiger partial charge in [-0.15, -0.1) is 0 Å². The molecule has 0 amide bonds. The molecule has 5 heteroatoms. The molecule has 118 valence electrons. The van der Waals surface area contributed by atoms with Crippen molar-refractivity contribution in [2.24, 2.45) is 5.92 Å². The second kappa shape index (κ2) is 6.46. The zero-order chi connectivity index (χ0) is 15.6. The van der Waals surface area contributed by atoms with Gasteiger partial charge in [0.25, 0.3) is 10.2 Å². The van der Waals surface area contributed by atoms with E-state index >= 15 is 0 Å². The summed E-state index contributed by atoms with van der Waals surface area (Å²) in [4.78, 5) is 0. The summed E-state index contributed by atoms with van der Waals surface area (Å²) in [6, 6.07) is 6.28. The van der Waals surface area contributed by atoms with Crippen LogP contribution in [0.5, 0.6) is 0 Å². The molecule has 1 heterocycles. The SMILES string of the molecule is CCCNS(=O)(=O)N1CCc2cc(C)ccc2C1C(C)C. The van der Waals surface area contributed by atoms with Crippen LogP contribution in [0.4, 0.5) is 0 Å².